The van der Waals surface area contributed by atoms with Crippen molar-refractivity contribution in [3.63, 3.8) is 0 Å². The second-order valence-corrected chi connectivity index (χ2v) is 7.01. The van der Waals surface area contributed by atoms with Crippen LogP contribution in [0.5, 0.6) is 0 Å². The number of nitrogens with one attached hydrogen (secondary N) is 1. The van der Waals surface area contributed by atoms with Crippen molar-refractivity contribution in [2.45, 2.75) is 13.8 Å². The van der Waals surface area contributed by atoms with Crippen LogP contribution in [0.3, 0.4) is 0 Å². The van der Waals surface area contributed by atoms with Gasteiger partial charge in [-0.05, 0) is 53.5 Å². The summed E-state index contributed by atoms with van der Waals surface area (Å²) in [7, 11) is 0. The fourth-order valence-corrected chi connectivity index (χ4v) is 3.38. The molecule has 0 radical (unpaired) electrons. The fraction of sp³-hybridized carbons (Fsp3) is 0.125. The zero-order valence-electron chi connectivity index (χ0n) is 11.6. The third-order valence-corrected chi connectivity index (χ3v) is 4.90. The molecule has 5 heteroatoms. The predicted molar refractivity (Wildman–Crippen MR) is 91.2 cm³/mol. The van der Waals surface area contributed by atoms with Gasteiger partial charge in [0.25, 0.3) is 5.91 Å². The first kappa shape index (κ1) is 14.2. The Labute approximate surface area is 135 Å². The zero-order chi connectivity index (χ0) is 15.0. The molecular formula is C16H13BrN2OS. The summed E-state index contributed by atoms with van der Waals surface area (Å²) in [6.45, 7) is 4.04. The molecule has 0 bridgehead atoms. The van der Waals surface area contributed by atoms with Crippen molar-refractivity contribution in [1.82, 2.24) is 4.98 Å². The van der Waals surface area contributed by atoms with E-state index < -0.39 is 0 Å². The van der Waals surface area contributed by atoms with Crippen LogP contribution in [0, 0.1) is 13.8 Å². The van der Waals surface area contributed by atoms with Crippen molar-refractivity contribution in [2.75, 3.05) is 5.32 Å². The Hall–Kier alpha value is -1.72. The molecule has 3 nitrogen and oxygen atoms in total. The van der Waals surface area contributed by atoms with Gasteiger partial charge >= 0.3 is 0 Å². The summed E-state index contributed by atoms with van der Waals surface area (Å²) in [5, 5.41) is 3.94. The number of rotatable bonds is 2. The van der Waals surface area contributed by atoms with E-state index in [0.29, 0.717) is 0 Å². The van der Waals surface area contributed by atoms with Crippen LogP contribution in [0.4, 0.5) is 5.69 Å². The van der Waals surface area contributed by atoms with Crippen LogP contribution in [0.25, 0.3) is 10.9 Å². The molecule has 0 spiro atoms. The van der Waals surface area contributed by atoms with Gasteiger partial charge in [0.1, 0.15) is 0 Å². The van der Waals surface area contributed by atoms with Gasteiger partial charge in [0, 0.05) is 20.9 Å². The van der Waals surface area contributed by atoms with Crippen molar-refractivity contribution < 1.29 is 4.79 Å². The molecule has 0 fully saturated rings. The number of carbonyl (C=O) groups is 1. The number of nitrogens with zero attached hydrogens (tertiary/aromatic N) is 1. The summed E-state index contributed by atoms with van der Waals surface area (Å²) in [6, 6.07) is 9.66. The second-order valence-electron chi connectivity index (χ2n) is 4.83. The molecule has 1 amide bonds. The van der Waals surface area contributed by atoms with Crippen LogP contribution in [-0.4, -0.2) is 10.9 Å². The quantitative estimate of drug-likeness (QED) is 0.703. The molecule has 2 heterocycles. The number of aromatic nitrogens is 1. The van der Waals surface area contributed by atoms with Crippen LogP contribution in [0.2, 0.25) is 0 Å². The molecule has 0 aliphatic heterocycles. The Morgan fingerprint density at radius 2 is 2.10 bits per heavy atom. The number of fused-ring (bicyclic) bond motifs is 1. The number of para-hydroxylation sites is 1. The average Bonchev–Trinajstić information content (AvgIpc) is 2.79. The lowest BCUT2D eigenvalue weighted by Gasteiger charge is -2.07. The van der Waals surface area contributed by atoms with Crippen LogP contribution in [0.15, 0.2) is 41.0 Å². The molecule has 2 aromatic heterocycles. The van der Waals surface area contributed by atoms with Gasteiger partial charge < -0.3 is 5.32 Å². The first-order valence-corrected chi connectivity index (χ1v) is 8.08. The number of thiophene rings is 1. The third-order valence-electron chi connectivity index (χ3n) is 3.32. The minimum Gasteiger partial charge on any atom is -0.319 e. The highest BCUT2D eigenvalue weighted by atomic mass is 79.9. The molecule has 106 valence electrons. The fourth-order valence-electron chi connectivity index (χ4n) is 2.10. The van der Waals surface area contributed by atoms with Crippen LogP contribution in [-0.2, 0) is 0 Å². The molecule has 0 saturated heterocycles. The maximum atomic E-state index is 12.4. The topological polar surface area (TPSA) is 42.0 Å². The number of anilines is 1. The number of hydrogen-bond acceptors (Lipinski definition) is 3. The number of hydrogen-bond donors (Lipinski definition) is 1. The van der Waals surface area contributed by atoms with Gasteiger partial charge in [0.15, 0.2) is 0 Å². The van der Waals surface area contributed by atoms with E-state index in [1.165, 1.54) is 16.2 Å². The lowest BCUT2D eigenvalue weighted by molar-refractivity contribution is 0.103. The molecule has 1 aromatic carbocycles. The average molecular weight is 361 g/mol. The zero-order valence-corrected chi connectivity index (χ0v) is 14.0. The molecule has 1 N–H and O–H groups in total. The van der Waals surface area contributed by atoms with E-state index in [-0.39, 0.29) is 5.91 Å². The molecule has 0 atom stereocenters. The molecule has 0 aliphatic rings. The van der Waals surface area contributed by atoms with E-state index >= 15 is 0 Å². The molecule has 0 saturated carbocycles. The number of pyridine rings is 1. The Morgan fingerprint density at radius 3 is 2.81 bits per heavy atom. The molecule has 3 aromatic rings. The minimum absolute atomic E-state index is 0.0894. The predicted octanol–water partition coefficient (Wildman–Crippen LogP) is 4.93. The van der Waals surface area contributed by atoms with Gasteiger partial charge in [-0.1, -0.05) is 12.1 Å². The Balaban J connectivity index is 1.96. The van der Waals surface area contributed by atoms with E-state index in [4.69, 9.17) is 0 Å². The van der Waals surface area contributed by atoms with E-state index in [2.05, 4.69) is 26.2 Å². The summed E-state index contributed by atoms with van der Waals surface area (Å²) in [4.78, 5) is 18.6. The van der Waals surface area contributed by atoms with E-state index in [9.17, 15) is 4.79 Å². The van der Waals surface area contributed by atoms with E-state index in [1.807, 2.05) is 44.2 Å². The standard InChI is InChI=1S/C16H13BrN2OS/c1-9-6-14(21-10(9)2)16(20)19-13-5-3-4-11-7-12(17)8-18-15(11)13/h3-8H,1-2H3,(H,19,20). The molecule has 0 aliphatic carbocycles. The normalized spacial score (nSPS) is 10.8. The molecular weight excluding hydrogens is 348 g/mol. The smallest absolute Gasteiger partial charge is 0.265 e. The number of carbonyl (C=O) groups excluding carboxylic acids is 1. The van der Waals surface area contributed by atoms with Gasteiger partial charge in [-0.2, -0.15) is 0 Å². The maximum Gasteiger partial charge on any atom is 0.265 e. The SMILES string of the molecule is Cc1cc(C(=O)Nc2cccc3cc(Br)cnc23)sc1C. The van der Waals surface area contributed by atoms with Gasteiger partial charge in [0.05, 0.1) is 16.1 Å². The van der Waals surface area contributed by atoms with Crippen molar-refractivity contribution in [3.8, 4) is 0 Å². The monoisotopic (exact) mass is 360 g/mol. The summed E-state index contributed by atoms with van der Waals surface area (Å²) < 4.78 is 0.919. The van der Waals surface area contributed by atoms with Crippen molar-refractivity contribution in [3.05, 3.63) is 56.3 Å². The Morgan fingerprint density at radius 1 is 1.29 bits per heavy atom. The lowest BCUT2D eigenvalue weighted by Crippen LogP contribution is -2.10. The number of aryl methyl sites for hydroxylation is 2. The molecule has 3 rings (SSSR count). The van der Waals surface area contributed by atoms with Gasteiger partial charge in [-0.15, -0.1) is 11.3 Å². The number of halogens is 1. The van der Waals surface area contributed by atoms with Gasteiger partial charge in [0.2, 0.25) is 0 Å². The summed E-state index contributed by atoms with van der Waals surface area (Å²) >= 11 is 4.92. The summed E-state index contributed by atoms with van der Waals surface area (Å²) in [6.07, 6.45) is 1.73. The van der Waals surface area contributed by atoms with Crippen LogP contribution < -0.4 is 5.32 Å². The second kappa shape index (κ2) is 5.58. The van der Waals surface area contributed by atoms with Crippen molar-refractivity contribution >= 4 is 49.8 Å². The number of benzene rings is 1. The molecule has 21 heavy (non-hydrogen) atoms. The summed E-state index contributed by atoms with van der Waals surface area (Å²) in [5.41, 5.74) is 2.66. The highest BCUT2D eigenvalue weighted by Crippen LogP contribution is 2.26. The van der Waals surface area contributed by atoms with Crippen LogP contribution >= 0.6 is 27.3 Å². The van der Waals surface area contributed by atoms with Gasteiger partial charge in [-0.25, -0.2) is 0 Å². The number of amides is 1. The summed E-state index contributed by atoms with van der Waals surface area (Å²) in [5.74, 6) is -0.0894. The van der Waals surface area contributed by atoms with E-state index in [0.717, 1.165) is 31.5 Å². The highest BCUT2D eigenvalue weighted by Gasteiger charge is 2.12. The Bertz CT molecular complexity index is 822. The highest BCUT2D eigenvalue weighted by molar-refractivity contribution is 9.10. The van der Waals surface area contributed by atoms with E-state index in [1.54, 1.807) is 6.20 Å². The maximum absolute atomic E-state index is 12.4. The van der Waals surface area contributed by atoms with Crippen molar-refractivity contribution in [2.24, 2.45) is 0 Å². The third kappa shape index (κ3) is 2.84. The Kier molecular flexibility index (Phi) is 3.78. The lowest BCUT2D eigenvalue weighted by atomic mass is 10.2. The van der Waals surface area contributed by atoms with Crippen LogP contribution in [0.1, 0.15) is 20.1 Å². The van der Waals surface area contributed by atoms with Crippen molar-refractivity contribution in [1.29, 1.82) is 0 Å². The largest absolute Gasteiger partial charge is 0.319 e. The first-order chi connectivity index (χ1) is 10.0. The molecule has 0 unspecified atom stereocenters. The van der Waals surface area contributed by atoms with Gasteiger partial charge in [-0.3, -0.25) is 9.78 Å². The minimum atomic E-state index is -0.0894. The first-order valence-electron chi connectivity index (χ1n) is 6.47.